The van der Waals surface area contributed by atoms with Crippen molar-refractivity contribution < 1.29 is 23.8 Å². The molecule has 108 valence electrons. The van der Waals surface area contributed by atoms with Crippen LogP contribution in [0.25, 0.3) is 0 Å². The molecule has 5 nitrogen and oxygen atoms in total. The minimum absolute atomic E-state index is 0.138. The number of likely N-dealkylation sites (tertiary alicyclic amines) is 1. The molecule has 1 aliphatic rings. The number of hydrogen-bond donors (Lipinski definition) is 1. The van der Waals surface area contributed by atoms with Gasteiger partial charge in [0.2, 0.25) is 0 Å². The van der Waals surface area contributed by atoms with Crippen molar-refractivity contribution in [1.82, 2.24) is 4.90 Å². The topological polar surface area (TPSA) is 66.8 Å². The average molecular weight is 281 g/mol. The fraction of sp³-hybridized carbons (Fsp3) is 0.429. The fourth-order valence-electron chi connectivity index (χ4n) is 2.39. The molecule has 1 unspecified atom stereocenters. The van der Waals surface area contributed by atoms with Crippen LogP contribution < -0.4 is 0 Å². The Kier molecular flexibility index (Phi) is 4.22. The Labute approximate surface area is 116 Å². The number of amides is 1. The Morgan fingerprint density at radius 1 is 1.40 bits per heavy atom. The molecule has 0 bridgehead atoms. The Morgan fingerprint density at radius 3 is 2.85 bits per heavy atom. The van der Waals surface area contributed by atoms with Crippen molar-refractivity contribution in [2.45, 2.75) is 25.3 Å². The van der Waals surface area contributed by atoms with E-state index in [2.05, 4.69) is 0 Å². The van der Waals surface area contributed by atoms with E-state index in [0.29, 0.717) is 13.0 Å². The van der Waals surface area contributed by atoms with Crippen LogP contribution in [0.1, 0.15) is 29.6 Å². The van der Waals surface area contributed by atoms with Gasteiger partial charge in [-0.2, -0.15) is 0 Å². The van der Waals surface area contributed by atoms with E-state index in [9.17, 15) is 19.1 Å². The number of benzene rings is 1. The maximum atomic E-state index is 13.2. The number of esters is 1. The molecule has 1 aromatic carbocycles. The molecule has 1 saturated heterocycles. The van der Waals surface area contributed by atoms with E-state index in [1.165, 1.54) is 12.0 Å². The largest absolute Gasteiger partial charge is 0.507 e. The molecule has 1 aliphatic heterocycles. The summed E-state index contributed by atoms with van der Waals surface area (Å²) in [5.41, 5.74) is -0.138. The molecule has 1 N–H and O–H groups in total. The SMILES string of the molecule is COC(=O)C1CCCCN1C(=O)c1cc(F)ccc1O. The number of aromatic hydroxyl groups is 1. The van der Waals surface area contributed by atoms with Gasteiger partial charge in [-0.15, -0.1) is 0 Å². The summed E-state index contributed by atoms with van der Waals surface area (Å²) in [6, 6.07) is 2.49. The van der Waals surface area contributed by atoms with Crippen LogP contribution in [-0.2, 0) is 9.53 Å². The van der Waals surface area contributed by atoms with Crippen LogP contribution in [-0.4, -0.2) is 41.6 Å². The van der Waals surface area contributed by atoms with Crippen LogP contribution in [0.5, 0.6) is 5.75 Å². The summed E-state index contributed by atoms with van der Waals surface area (Å²) < 4.78 is 17.9. The zero-order valence-electron chi connectivity index (χ0n) is 11.1. The summed E-state index contributed by atoms with van der Waals surface area (Å²) in [5.74, 6) is -1.96. The third-order valence-corrected chi connectivity index (χ3v) is 3.43. The van der Waals surface area contributed by atoms with Gasteiger partial charge in [0.05, 0.1) is 12.7 Å². The number of hydrogen-bond acceptors (Lipinski definition) is 4. The highest BCUT2D eigenvalue weighted by Gasteiger charge is 2.34. The van der Waals surface area contributed by atoms with Crippen molar-refractivity contribution in [2.24, 2.45) is 0 Å². The number of ether oxygens (including phenoxy) is 1. The van der Waals surface area contributed by atoms with E-state index < -0.39 is 23.7 Å². The van der Waals surface area contributed by atoms with Crippen molar-refractivity contribution in [2.75, 3.05) is 13.7 Å². The van der Waals surface area contributed by atoms with Crippen LogP contribution in [0.4, 0.5) is 4.39 Å². The van der Waals surface area contributed by atoms with Gasteiger partial charge in [-0.3, -0.25) is 4.79 Å². The predicted molar refractivity (Wildman–Crippen MR) is 68.8 cm³/mol. The molecular weight excluding hydrogens is 265 g/mol. The first kappa shape index (κ1) is 14.3. The second kappa shape index (κ2) is 5.90. The van der Waals surface area contributed by atoms with Crippen LogP contribution in [0, 0.1) is 5.82 Å². The van der Waals surface area contributed by atoms with Crippen LogP contribution in [0.3, 0.4) is 0 Å². The maximum absolute atomic E-state index is 13.2. The molecule has 2 rings (SSSR count). The second-order valence-electron chi connectivity index (χ2n) is 4.69. The maximum Gasteiger partial charge on any atom is 0.328 e. The minimum atomic E-state index is -0.677. The lowest BCUT2D eigenvalue weighted by atomic mass is 10.0. The first-order valence-corrected chi connectivity index (χ1v) is 6.42. The molecule has 1 atom stereocenters. The molecule has 1 aromatic rings. The molecule has 20 heavy (non-hydrogen) atoms. The van der Waals surface area contributed by atoms with E-state index in [1.54, 1.807) is 0 Å². The predicted octanol–water partition coefficient (Wildman–Crippen LogP) is 1.70. The standard InChI is InChI=1S/C14H16FNO4/c1-20-14(19)11-4-2-3-7-16(11)13(18)10-8-9(15)5-6-12(10)17/h5-6,8,11,17H,2-4,7H2,1H3. The number of halogens is 1. The summed E-state index contributed by atoms with van der Waals surface area (Å²) in [7, 11) is 1.26. The van der Waals surface area contributed by atoms with Gasteiger partial charge >= 0.3 is 5.97 Å². The van der Waals surface area contributed by atoms with Gasteiger partial charge in [-0.05, 0) is 37.5 Å². The highest BCUT2D eigenvalue weighted by atomic mass is 19.1. The van der Waals surface area contributed by atoms with Crippen LogP contribution in [0.2, 0.25) is 0 Å². The third kappa shape index (κ3) is 2.74. The molecule has 0 spiro atoms. The Hall–Kier alpha value is -2.11. The number of piperidine rings is 1. The fourth-order valence-corrected chi connectivity index (χ4v) is 2.39. The van der Waals surface area contributed by atoms with Crippen molar-refractivity contribution in [3.8, 4) is 5.75 Å². The number of phenolic OH excluding ortho intramolecular Hbond substituents is 1. The lowest BCUT2D eigenvalue weighted by Gasteiger charge is -2.33. The molecule has 0 radical (unpaired) electrons. The summed E-state index contributed by atoms with van der Waals surface area (Å²) in [6.07, 6.45) is 2.09. The van der Waals surface area contributed by atoms with E-state index in [1.807, 2.05) is 0 Å². The summed E-state index contributed by atoms with van der Waals surface area (Å²) in [4.78, 5) is 25.4. The van der Waals surface area contributed by atoms with E-state index in [4.69, 9.17) is 4.74 Å². The Balaban J connectivity index is 2.30. The normalized spacial score (nSPS) is 18.7. The number of nitrogens with zero attached hydrogens (tertiary/aromatic N) is 1. The van der Waals surface area contributed by atoms with E-state index in [0.717, 1.165) is 31.0 Å². The van der Waals surface area contributed by atoms with Crippen LogP contribution in [0.15, 0.2) is 18.2 Å². The van der Waals surface area contributed by atoms with Gasteiger partial charge in [0.25, 0.3) is 5.91 Å². The van der Waals surface area contributed by atoms with Gasteiger partial charge in [0, 0.05) is 6.54 Å². The first-order chi connectivity index (χ1) is 9.54. The lowest BCUT2D eigenvalue weighted by Crippen LogP contribution is -2.48. The average Bonchev–Trinajstić information content (AvgIpc) is 2.48. The van der Waals surface area contributed by atoms with Gasteiger partial charge < -0.3 is 14.7 Å². The highest BCUT2D eigenvalue weighted by molar-refractivity contribution is 5.99. The highest BCUT2D eigenvalue weighted by Crippen LogP contribution is 2.25. The quantitative estimate of drug-likeness (QED) is 0.838. The van der Waals surface area contributed by atoms with Crippen LogP contribution >= 0.6 is 0 Å². The molecule has 0 saturated carbocycles. The molecule has 6 heteroatoms. The summed E-state index contributed by atoms with van der Waals surface area (Å²) in [6.45, 7) is 0.383. The lowest BCUT2D eigenvalue weighted by molar-refractivity contribution is -0.147. The molecule has 0 aromatic heterocycles. The molecule has 0 aliphatic carbocycles. The smallest absolute Gasteiger partial charge is 0.328 e. The first-order valence-electron chi connectivity index (χ1n) is 6.42. The number of carbonyl (C=O) groups is 2. The number of phenols is 1. The second-order valence-corrected chi connectivity index (χ2v) is 4.69. The monoisotopic (exact) mass is 281 g/mol. The Morgan fingerprint density at radius 2 is 2.15 bits per heavy atom. The Bertz CT molecular complexity index is 532. The molecule has 1 fully saturated rings. The number of carbonyl (C=O) groups excluding carboxylic acids is 2. The number of methoxy groups -OCH3 is 1. The van der Waals surface area contributed by atoms with Crippen molar-refractivity contribution >= 4 is 11.9 Å². The van der Waals surface area contributed by atoms with E-state index in [-0.39, 0.29) is 11.3 Å². The minimum Gasteiger partial charge on any atom is -0.507 e. The van der Waals surface area contributed by atoms with Gasteiger partial charge in [-0.25, -0.2) is 9.18 Å². The third-order valence-electron chi connectivity index (χ3n) is 3.43. The molecular formula is C14H16FNO4. The summed E-state index contributed by atoms with van der Waals surface area (Å²) in [5, 5.41) is 9.69. The van der Waals surface area contributed by atoms with E-state index >= 15 is 0 Å². The molecule has 1 heterocycles. The summed E-state index contributed by atoms with van der Waals surface area (Å²) >= 11 is 0. The zero-order valence-corrected chi connectivity index (χ0v) is 11.1. The van der Waals surface area contributed by atoms with Gasteiger partial charge in [0.1, 0.15) is 17.6 Å². The molecule has 1 amide bonds. The zero-order chi connectivity index (χ0) is 14.7. The van der Waals surface area contributed by atoms with Crippen molar-refractivity contribution in [1.29, 1.82) is 0 Å². The number of rotatable bonds is 2. The van der Waals surface area contributed by atoms with Crippen molar-refractivity contribution in [3.63, 3.8) is 0 Å². The van der Waals surface area contributed by atoms with Gasteiger partial charge in [0.15, 0.2) is 0 Å². The van der Waals surface area contributed by atoms with Gasteiger partial charge in [-0.1, -0.05) is 0 Å². The van der Waals surface area contributed by atoms with Crippen molar-refractivity contribution in [3.05, 3.63) is 29.6 Å².